The van der Waals surface area contributed by atoms with Crippen molar-refractivity contribution in [3.63, 3.8) is 0 Å². The molecule has 3 aliphatic heterocycles. The lowest BCUT2D eigenvalue weighted by Crippen LogP contribution is -2.78. The molecule has 13 nitrogen and oxygen atoms in total. The van der Waals surface area contributed by atoms with Crippen LogP contribution in [0.15, 0.2) is 102 Å². The van der Waals surface area contributed by atoms with Crippen LogP contribution in [0.2, 0.25) is 0 Å². The van der Waals surface area contributed by atoms with E-state index >= 15 is 9.59 Å². The number of nitrogens with one attached hydrogen (secondary N) is 2. The van der Waals surface area contributed by atoms with Gasteiger partial charge in [-0.1, -0.05) is 95.1 Å². The van der Waals surface area contributed by atoms with E-state index in [4.69, 9.17) is 9.47 Å². The number of Topliss-reactive ketones (excluding diaryl/α,β-unsaturated/α-hetero) is 2. The number of ether oxygens (including phenoxy) is 2. The van der Waals surface area contributed by atoms with E-state index in [1.165, 1.54) is 39.8 Å². The molecule has 0 amide bonds. The molecule has 9 rings (SSSR count). The smallest absolute Gasteiger partial charge is 0.230 e. The van der Waals surface area contributed by atoms with E-state index in [1.807, 2.05) is 24.3 Å². The zero-order valence-electron chi connectivity index (χ0n) is 33.5. The molecule has 324 valence electrons. The van der Waals surface area contributed by atoms with Gasteiger partial charge in [0.2, 0.25) is 6.29 Å². The number of hydrogen-bond acceptors (Lipinski definition) is 15. The van der Waals surface area contributed by atoms with Crippen molar-refractivity contribution in [2.75, 3.05) is 25.6 Å². The Morgan fingerprint density at radius 3 is 2.52 bits per heavy atom. The quantitative estimate of drug-likeness (QED) is 0.142. The van der Waals surface area contributed by atoms with Crippen LogP contribution in [0.1, 0.15) is 70.4 Å². The molecule has 61 heavy (non-hydrogen) atoms. The first-order valence-electron chi connectivity index (χ1n) is 21.0. The summed E-state index contributed by atoms with van der Waals surface area (Å²) in [6, 6.07) is 11.9. The van der Waals surface area contributed by atoms with E-state index < -0.39 is 75.8 Å². The number of allylic oxidation sites excluding steroid dienone is 6. The summed E-state index contributed by atoms with van der Waals surface area (Å²) in [6.07, 6.45) is 9.05. The highest BCUT2D eigenvalue weighted by molar-refractivity contribution is 8.76. The Hall–Kier alpha value is -3.90. The fourth-order valence-electron chi connectivity index (χ4n) is 11.2. The largest absolute Gasteiger partial charge is 0.511 e. The van der Waals surface area contributed by atoms with Crippen molar-refractivity contribution >= 4 is 33.2 Å². The number of rotatable bonds is 7. The summed E-state index contributed by atoms with van der Waals surface area (Å²) in [5, 5.41) is 86.7. The Labute approximate surface area is 361 Å². The molecule has 2 aromatic rings. The van der Waals surface area contributed by atoms with Crippen molar-refractivity contribution < 1.29 is 54.8 Å². The number of fused-ring (bicyclic) bond motifs is 5. The normalized spacial score (nSPS) is 35.0. The van der Waals surface area contributed by atoms with Crippen LogP contribution in [0.5, 0.6) is 5.75 Å². The maximum absolute atomic E-state index is 15.7. The second-order valence-electron chi connectivity index (χ2n) is 17.3. The van der Waals surface area contributed by atoms with Crippen LogP contribution >= 0.6 is 21.6 Å². The van der Waals surface area contributed by atoms with Crippen LogP contribution in [0.25, 0.3) is 0 Å². The molecule has 9 atom stereocenters. The molecule has 2 fully saturated rings. The summed E-state index contributed by atoms with van der Waals surface area (Å²) < 4.78 is 12.7. The summed E-state index contributed by atoms with van der Waals surface area (Å²) in [5.41, 5.74) is -3.80. The Kier molecular flexibility index (Phi) is 11.4. The first-order valence-corrected chi connectivity index (χ1v) is 23.4. The molecule has 15 heteroatoms. The highest BCUT2D eigenvalue weighted by Gasteiger charge is 2.70. The van der Waals surface area contributed by atoms with Gasteiger partial charge in [0.05, 0.1) is 36.4 Å². The molecule has 9 N–H and O–H groups in total. The molecule has 2 aromatic carbocycles. The minimum Gasteiger partial charge on any atom is -0.511 e. The van der Waals surface area contributed by atoms with E-state index in [0.717, 1.165) is 24.0 Å². The monoisotopic (exact) mass is 872 g/mol. The van der Waals surface area contributed by atoms with E-state index in [-0.39, 0.29) is 48.7 Å². The number of ketones is 2. The number of hydrogen-bond donors (Lipinski definition) is 9. The van der Waals surface area contributed by atoms with Crippen LogP contribution in [-0.2, 0) is 17.8 Å². The Morgan fingerprint density at radius 1 is 0.967 bits per heavy atom. The van der Waals surface area contributed by atoms with Gasteiger partial charge in [0, 0.05) is 35.3 Å². The predicted molar refractivity (Wildman–Crippen MR) is 229 cm³/mol. The van der Waals surface area contributed by atoms with Crippen molar-refractivity contribution in [2.24, 2.45) is 22.7 Å². The third-order valence-corrected chi connectivity index (χ3v) is 16.8. The van der Waals surface area contributed by atoms with E-state index in [0.29, 0.717) is 48.6 Å². The van der Waals surface area contributed by atoms with Gasteiger partial charge in [-0.25, -0.2) is 0 Å². The second-order valence-corrected chi connectivity index (χ2v) is 19.9. The molecule has 1 saturated carbocycles. The van der Waals surface area contributed by atoms with Crippen LogP contribution in [0.3, 0.4) is 0 Å². The van der Waals surface area contributed by atoms with Gasteiger partial charge in [0.15, 0.2) is 11.6 Å². The fraction of sp³-hybridized carbons (Fsp3) is 0.478. The minimum atomic E-state index is -2.31. The lowest BCUT2D eigenvalue weighted by molar-refractivity contribution is -0.355. The van der Waals surface area contributed by atoms with Gasteiger partial charge in [-0.05, 0) is 72.6 Å². The molecular formula is C46H52N2O11S2. The van der Waals surface area contributed by atoms with Crippen LogP contribution in [-0.4, -0.2) is 108 Å². The standard InChI is InChI=1S/C46H52N2O11S2/c49-17-5-10-35-45-31(20-28(21-34(45)52)19-26-6-3-7-27(18-26)23-50)38(53)30-8-4-9-32(37(30)39(45)54)58-41-40(55)46(57)33(11-15-44(24-51,59-41)42(46)56)43(13-1-2-14-43)29-12-16-47-36(22-29)48-25-60-61-35/h3-4,6-9,11-12,15,18,20-22,31,33,35,40-42,47-52,55-57H,1-2,5,10,13-14,16-17,19,23-25H2. The molecule has 2 spiro atoms. The van der Waals surface area contributed by atoms with Crippen molar-refractivity contribution in [3.8, 4) is 5.75 Å². The highest BCUT2D eigenvalue weighted by Crippen LogP contribution is 2.61. The van der Waals surface area contributed by atoms with Gasteiger partial charge in [0.25, 0.3) is 0 Å². The SMILES string of the molecule is O=C1c2cccc3c2C(=O)C2(C(O)=CC(Cc4cccc(CO)c4)=CC12)C(CCCO)SSCNC1=CC(=CCN1)C1(CCCC1)C1C=CC2(CO)OC(O3)C(O)C1(O)C2O. The third-order valence-electron chi connectivity index (χ3n) is 14.1. The van der Waals surface area contributed by atoms with E-state index in [2.05, 4.69) is 16.7 Å². The molecule has 7 bridgehead atoms. The zero-order chi connectivity index (χ0) is 42.7. The molecule has 4 aliphatic carbocycles. The van der Waals surface area contributed by atoms with Crippen LogP contribution < -0.4 is 15.4 Å². The summed E-state index contributed by atoms with van der Waals surface area (Å²) in [5.74, 6) is -2.45. The average Bonchev–Trinajstić information content (AvgIpc) is 3.77. The first kappa shape index (κ1) is 42.4. The van der Waals surface area contributed by atoms with Gasteiger partial charge in [-0.15, -0.1) is 0 Å². The first-order chi connectivity index (χ1) is 29.5. The molecule has 7 aliphatic rings. The van der Waals surface area contributed by atoms with Gasteiger partial charge in [-0.3, -0.25) is 9.59 Å². The summed E-state index contributed by atoms with van der Waals surface area (Å²) >= 11 is 0. The van der Waals surface area contributed by atoms with Gasteiger partial charge in [-0.2, -0.15) is 0 Å². The van der Waals surface area contributed by atoms with Crippen molar-refractivity contribution in [1.82, 2.24) is 10.6 Å². The lowest BCUT2D eigenvalue weighted by Gasteiger charge is -2.60. The number of dihydropyridines is 1. The minimum absolute atomic E-state index is 0.0342. The van der Waals surface area contributed by atoms with Gasteiger partial charge >= 0.3 is 0 Å². The number of carbonyl (C=O) groups excluding carboxylic acids is 2. The summed E-state index contributed by atoms with van der Waals surface area (Å²) in [4.78, 5) is 30.8. The van der Waals surface area contributed by atoms with Crippen molar-refractivity contribution in [1.29, 1.82) is 0 Å². The number of aliphatic hydroxyl groups excluding tert-OH is 6. The second kappa shape index (κ2) is 16.3. The van der Waals surface area contributed by atoms with Crippen molar-refractivity contribution in [2.45, 2.75) is 86.5 Å². The summed E-state index contributed by atoms with van der Waals surface area (Å²) in [6.45, 7) is -0.645. The fourth-order valence-corrected chi connectivity index (χ4v) is 14.0. The zero-order valence-corrected chi connectivity index (χ0v) is 35.2. The molecule has 1 saturated heterocycles. The van der Waals surface area contributed by atoms with Crippen LogP contribution in [0, 0.1) is 22.7 Å². The van der Waals surface area contributed by atoms with Gasteiger partial charge < -0.3 is 55.9 Å². The third kappa shape index (κ3) is 6.57. The summed E-state index contributed by atoms with van der Waals surface area (Å²) in [7, 11) is 2.77. The van der Waals surface area contributed by atoms with Gasteiger partial charge in [0.1, 0.15) is 40.3 Å². The van der Waals surface area contributed by atoms with Crippen molar-refractivity contribution in [3.05, 3.63) is 124 Å². The number of benzene rings is 2. The number of carbonyl (C=O) groups is 2. The molecular weight excluding hydrogens is 821 g/mol. The molecule has 0 aromatic heterocycles. The average molecular weight is 873 g/mol. The highest BCUT2D eigenvalue weighted by atomic mass is 33.1. The maximum Gasteiger partial charge on any atom is 0.230 e. The maximum atomic E-state index is 15.7. The van der Waals surface area contributed by atoms with E-state index in [9.17, 15) is 35.7 Å². The Bertz CT molecular complexity index is 2250. The predicted octanol–water partition coefficient (Wildman–Crippen LogP) is 3.90. The molecule has 9 unspecified atom stereocenters. The van der Waals surface area contributed by atoms with Crippen LogP contribution in [0.4, 0.5) is 0 Å². The Morgan fingerprint density at radius 2 is 1.75 bits per heavy atom. The molecule has 3 heterocycles. The molecule has 0 radical (unpaired) electrons. The number of aliphatic hydroxyl groups is 7. The topological polar surface area (TPSA) is 218 Å². The van der Waals surface area contributed by atoms with E-state index in [1.54, 1.807) is 30.4 Å². The lowest BCUT2D eigenvalue weighted by atomic mass is 9.54. The Balaban J connectivity index is 1.21.